The molecule has 6 heteroatoms. The van der Waals surface area contributed by atoms with Gasteiger partial charge in [0.2, 0.25) is 5.91 Å². The lowest BCUT2D eigenvalue weighted by Gasteiger charge is -2.07. The molecule has 0 aliphatic heterocycles. The summed E-state index contributed by atoms with van der Waals surface area (Å²) in [6.45, 7) is 0. The van der Waals surface area contributed by atoms with Gasteiger partial charge < -0.3 is 15.5 Å². The fourth-order valence-electron chi connectivity index (χ4n) is 3.45. The molecule has 132 valence electrons. The molecule has 2 amide bonds. The molecule has 0 saturated heterocycles. The molecule has 0 atom stereocenters. The Kier molecular flexibility index (Phi) is 3.95. The molecule has 0 unspecified atom stereocenters. The molecule has 1 heterocycles. The summed E-state index contributed by atoms with van der Waals surface area (Å²) in [4.78, 5) is 23.6. The number of primary amides is 1. The molecule has 0 radical (unpaired) electrons. The van der Waals surface area contributed by atoms with E-state index >= 15 is 0 Å². The van der Waals surface area contributed by atoms with Crippen LogP contribution in [0.15, 0.2) is 41.0 Å². The first kappa shape index (κ1) is 16.3. The number of nitrogens with two attached hydrogens (primary N) is 1. The highest BCUT2D eigenvalue weighted by Crippen LogP contribution is 2.30. The Hall–Kier alpha value is -3.15. The van der Waals surface area contributed by atoms with Gasteiger partial charge in [-0.15, -0.1) is 0 Å². The van der Waals surface area contributed by atoms with Crippen molar-refractivity contribution in [3.8, 4) is 0 Å². The van der Waals surface area contributed by atoms with Crippen molar-refractivity contribution in [3.05, 3.63) is 64.7 Å². The summed E-state index contributed by atoms with van der Waals surface area (Å²) >= 11 is 0. The van der Waals surface area contributed by atoms with Crippen molar-refractivity contribution in [2.75, 3.05) is 5.32 Å². The predicted octanol–water partition coefficient (Wildman–Crippen LogP) is 3.34. The molecule has 1 aromatic heterocycles. The maximum Gasteiger partial charge on any atom is 0.251 e. The van der Waals surface area contributed by atoms with Crippen LogP contribution in [0.2, 0.25) is 0 Å². The second kappa shape index (κ2) is 6.29. The van der Waals surface area contributed by atoms with E-state index in [1.165, 1.54) is 23.3 Å². The lowest BCUT2D eigenvalue weighted by atomic mass is 10.0. The Morgan fingerprint density at radius 1 is 1.15 bits per heavy atom. The monoisotopic (exact) mass is 352 g/mol. The van der Waals surface area contributed by atoms with Gasteiger partial charge in [0, 0.05) is 16.6 Å². The first-order valence-corrected chi connectivity index (χ1v) is 8.42. The van der Waals surface area contributed by atoms with Gasteiger partial charge in [0.25, 0.3) is 5.91 Å². The zero-order valence-corrected chi connectivity index (χ0v) is 14.0. The van der Waals surface area contributed by atoms with Crippen molar-refractivity contribution in [1.29, 1.82) is 0 Å². The number of benzene rings is 2. The van der Waals surface area contributed by atoms with Crippen LogP contribution in [0.25, 0.3) is 11.0 Å². The number of carbonyl (C=O) groups is 2. The van der Waals surface area contributed by atoms with Crippen LogP contribution >= 0.6 is 0 Å². The molecular formula is C20H17FN2O3. The van der Waals surface area contributed by atoms with Crippen molar-refractivity contribution in [1.82, 2.24) is 0 Å². The lowest BCUT2D eigenvalue weighted by molar-refractivity contribution is -0.115. The number of halogens is 1. The topological polar surface area (TPSA) is 85.3 Å². The fraction of sp³-hybridized carbons (Fsp3) is 0.200. The van der Waals surface area contributed by atoms with Crippen LogP contribution in [0.3, 0.4) is 0 Å². The molecule has 0 fully saturated rings. The number of anilines is 1. The number of carbonyl (C=O) groups excluding carboxylic acids is 2. The summed E-state index contributed by atoms with van der Waals surface area (Å²) in [5.74, 6) is -1.88. The molecule has 2 aromatic carbocycles. The van der Waals surface area contributed by atoms with Crippen LogP contribution in [0, 0.1) is 5.82 Å². The van der Waals surface area contributed by atoms with E-state index < -0.39 is 11.7 Å². The molecular weight excluding hydrogens is 335 g/mol. The molecule has 3 N–H and O–H groups in total. The second-order valence-corrected chi connectivity index (χ2v) is 6.52. The fourth-order valence-corrected chi connectivity index (χ4v) is 3.45. The molecule has 4 rings (SSSR count). The number of amides is 2. The number of furan rings is 1. The minimum Gasteiger partial charge on any atom is -0.464 e. The van der Waals surface area contributed by atoms with E-state index in [0.29, 0.717) is 5.69 Å². The van der Waals surface area contributed by atoms with E-state index in [9.17, 15) is 14.0 Å². The number of nitrogens with one attached hydrogen (secondary N) is 1. The summed E-state index contributed by atoms with van der Waals surface area (Å²) in [5, 5.41) is 3.61. The van der Waals surface area contributed by atoms with Gasteiger partial charge in [0.15, 0.2) is 0 Å². The third-order valence-electron chi connectivity index (χ3n) is 4.73. The highest BCUT2D eigenvalue weighted by Gasteiger charge is 2.17. The normalized spacial score (nSPS) is 13.0. The number of aryl methyl sites for hydroxylation is 2. The van der Waals surface area contributed by atoms with Crippen molar-refractivity contribution < 1.29 is 18.4 Å². The number of rotatable bonds is 4. The maximum absolute atomic E-state index is 13.5. The summed E-state index contributed by atoms with van der Waals surface area (Å²) in [6, 6.07) is 7.88. The van der Waals surface area contributed by atoms with E-state index in [2.05, 4.69) is 17.4 Å². The van der Waals surface area contributed by atoms with E-state index in [-0.39, 0.29) is 17.9 Å². The molecule has 1 aliphatic rings. The minimum atomic E-state index is -0.881. The Bertz CT molecular complexity index is 1040. The van der Waals surface area contributed by atoms with Crippen molar-refractivity contribution in [2.45, 2.75) is 25.7 Å². The summed E-state index contributed by atoms with van der Waals surface area (Å²) < 4.78 is 19.1. The molecule has 0 bridgehead atoms. The standard InChI is InChI=1S/C20H17FN2O3/c21-17-5-4-14(9-16(17)20(22)25)23-19(24)8-13-10-26-18-7-12-3-1-2-11(12)6-15(13)18/h4-7,9-10H,1-3,8H2,(H2,22,25)(H,23,24). The average Bonchev–Trinajstić information content (AvgIpc) is 3.21. The smallest absolute Gasteiger partial charge is 0.251 e. The Balaban J connectivity index is 1.55. The highest BCUT2D eigenvalue weighted by molar-refractivity contribution is 5.98. The number of hydrogen-bond donors (Lipinski definition) is 2. The van der Waals surface area contributed by atoms with Gasteiger partial charge in [-0.05, 0) is 60.7 Å². The third kappa shape index (κ3) is 2.94. The van der Waals surface area contributed by atoms with Gasteiger partial charge in [-0.2, -0.15) is 0 Å². The molecule has 0 spiro atoms. The number of hydrogen-bond acceptors (Lipinski definition) is 3. The van der Waals surface area contributed by atoms with Gasteiger partial charge in [0.05, 0.1) is 18.2 Å². The van der Waals surface area contributed by atoms with Crippen molar-refractivity contribution in [2.24, 2.45) is 5.73 Å². The van der Waals surface area contributed by atoms with Crippen molar-refractivity contribution in [3.63, 3.8) is 0 Å². The third-order valence-corrected chi connectivity index (χ3v) is 4.73. The van der Waals surface area contributed by atoms with E-state index in [4.69, 9.17) is 10.2 Å². The van der Waals surface area contributed by atoms with Gasteiger partial charge in [-0.25, -0.2) is 4.39 Å². The lowest BCUT2D eigenvalue weighted by Crippen LogP contribution is -2.17. The number of fused-ring (bicyclic) bond motifs is 2. The molecule has 0 saturated carbocycles. The van der Waals surface area contributed by atoms with Gasteiger partial charge in [0.1, 0.15) is 11.4 Å². The van der Waals surface area contributed by atoms with E-state index in [1.54, 1.807) is 6.26 Å². The first-order chi connectivity index (χ1) is 12.5. The maximum atomic E-state index is 13.5. The van der Waals surface area contributed by atoms with Crippen LogP contribution in [-0.2, 0) is 24.1 Å². The van der Waals surface area contributed by atoms with Crippen LogP contribution in [-0.4, -0.2) is 11.8 Å². The molecule has 26 heavy (non-hydrogen) atoms. The largest absolute Gasteiger partial charge is 0.464 e. The molecule has 3 aromatic rings. The van der Waals surface area contributed by atoms with Crippen LogP contribution in [0.1, 0.15) is 33.5 Å². The van der Waals surface area contributed by atoms with Crippen molar-refractivity contribution >= 4 is 28.5 Å². The average molecular weight is 352 g/mol. The second-order valence-electron chi connectivity index (χ2n) is 6.52. The van der Waals surface area contributed by atoms with Gasteiger partial charge in [-0.1, -0.05) is 0 Å². The Morgan fingerprint density at radius 2 is 1.92 bits per heavy atom. The van der Waals surface area contributed by atoms with E-state index in [1.807, 2.05) is 0 Å². The van der Waals surface area contributed by atoms with Crippen LogP contribution < -0.4 is 11.1 Å². The predicted molar refractivity (Wildman–Crippen MR) is 95.5 cm³/mol. The quantitative estimate of drug-likeness (QED) is 0.755. The van der Waals surface area contributed by atoms with E-state index in [0.717, 1.165) is 41.9 Å². The Labute approximate surface area is 149 Å². The summed E-state index contributed by atoms with van der Waals surface area (Å²) in [7, 11) is 0. The Morgan fingerprint density at radius 3 is 2.69 bits per heavy atom. The highest BCUT2D eigenvalue weighted by atomic mass is 19.1. The first-order valence-electron chi connectivity index (χ1n) is 8.42. The SMILES string of the molecule is NC(=O)c1cc(NC(=O)Cc2coc3cc4c(cc23)CCC4)ccc1F. The van der Waals surface area contributed by atoms with Crippen LogP contribution in [0.4, 0.5) is 10.1 Å². The molecule has 5 nitrogen and oxygen atoms in total. The molecule has 1 aliphatic carbocycles. The summed E-state index contributed by atoms with van der Waals surface area (Å²) in [6.07, 6.45) is 4.97. The van der Waals surface area contributed by atoms with Crippen LogP contribution in [0.5, 0.6) is 0 Å². The van der Waals surface area contributed by atoms with Gasteiger partial charge in [-0.3, -0.25) is 9.59 Å². The zero-order valence-electron chi connectivity index (χ0n) is 14.0. The zero-order chi connectivity index (χ0) is 18.3. The van der Waals surface area contributed by atoms with Gasteiger partial charge >= 0.3 is 0 Å². The minimum absolute atomic E-state index is 0.120. The summed E-state index contributed by atoms with van der Waals surface area (Å²) in [5.41, 5.74) is 9.39.